The van der Waals surface area contributed by atoms with Crippen LogP contribution in [0, 0.1) is 6.92 Å². The molecule has 0 bridgehead atoms. The first-order chi connectivity index (χ1) is 6.75. The molecule has 1 heteroatoms. The molecule has 0 aliphatic heterocycles. The summed E-state index contributed by atoms with van der Waals surface area (Å²) in [4.78, 5) is 0. The molecule has 1 nitrogen and oxygen atoms in total. The summed E-state index contributed by atoms with van der Waals surface area (Å²) in [7, 11) is 0. The Labute approximate surface area is 84.9 Å². The first kappa shape index (κ1) is 9.22. The number of nitrogens with two attached hydrogens (primary N) is 1. The van der Waals surface area contributed by atoms with E-state index in [1.54, 1.807) is 0 Å². The fraction of sp³-hybridized carbons (Fsp3) is 0.231. The van der Waals surface area contributed by atoms with Gasteiger partial charge in [0, 0.05) is 6.04 Å². The Morgan fingerprint density at radius 2 is 1.93 bits per heavy atom. The first-order valence-corrected chi connectivity index (χ1v) is 4.97. The standard InChI is InChI=1S/C13H15N/c1-10-2-4-11(5-3-10)12-6-8-13(14)9-7-12/h2-8,13H,9,14H2,1H3. The van der Waals surface area contributed by atoms with Crippen LogP contribution in [-0.2, 0) is 0 Å². The molecule has 0 amide bonds. The number of hydrogen-bond donors (Lipinski definition) is 1. The third-order valence-corrected chi connectivity index (χ3v) is 2.52. The lowest BCUT2D eigenvalue weighted by molar-refractivity contribution is 0.828. The smallest absolute Gasteiger partial charge is 0.0262 e. The van der Waals surface area contributed by atoms with Crippen LogP contribution in [0.1, 0.15) is 17.5 Å². The summed E-state index contributed by atoms with van der Waals surface area (Å²) in [5.41, 5.74) is 9.63. The van der Waals surface area contributed by atoms with Crippen LogP contribution in [0.25, 0.3) is 5.57 Å². The molecule has 0 heterocycles. The fourth-order valence-corrected chi connectivity index (χ4v) is 1.60. The monoisotopic (exact) mass is 185 g/mol. The molecular weight excluding hydrogens is 170 g/mol. The van der Waals surface area contributed by atoms with Gasteiger partial charge in [-0.1, -0.05) is 48.1 Å². The van der Waals surface area contributed by atoms with Gasteiger partial charge >= 0.3 is 0 Å². The highest BCUT2D eigenvalue weighted by Crippen LogP contribution is 2.20. The van der Waals surface area contributed by atoms with Crippen molar-refractivity contribution in [3.63, 3.8) is 0 Å². The summed E-state index contributed by atoms with van der Waals surface area (Å²) in [5.74, 6) is 0. The summed E-state index contributed by atoms with van der Waals surface area (Å²) >= 11 is 0. The van der Waals surface area contributed by atoms with Crippen molar-refractivity contribution in [2.24, 2.45) is 5.73 Å². The van der Waals surface area contributed by atoms with E-state index in [1.807, 2.05) is 0 Å². The highest BCUT2D eigenvalue weighted by Gasteiger charge is 2.04. The number of aryl methyl sites for hydroxylation is 1. The van der Waals surface area contributed by atoms with Gasteiger partial charge in [0.2, 0.25) is 0 Å². The molecule has 1 aliphatic carbocycles. The van der Waals surface area contributed by atoms with Crippen molar-refractivity contribution < 1.29 is 0 Å². The molecule has 1 aromatic carbocycles. The lowest BCUT2D eigenvalue weighted by Crippen LogP contribution is -2.17. The summed E-state index contributed by atoms with van der Waals surface area (Å²) in [6.07, 6.45) is 7.32. The van der Waals surface area contributed by atoms with Gasteiger partial charge in [0.25, 0.3) is 0 Å². The molecule has 0 saturated carbocycles. The van der Waals surface area contributed by atoms with Crippen LogP contribution < -0.4 is 5.73 Å². The van der Waals surface area contributed by atoms with Crippen molar-refractivity contribution in [2.45, 2.75) is 19.4 Å². The summed E-state index contributed by atoms with van der Waals surface area (Å²) < 4.78 is 0. The van der Waals surface area contributed by atoms with Crippen LogP contribution in [0.15, 0.2) is 42.5 Å². The predicted molar refractivity (Wildman–Crippen MR) is 60.9 cm³/mol. The SMILES string of the molecule is Cc1ccc(C2=CCC(N)C=C2)cc1. The van der Waals surface area contributed by atoms with Gasteiger partial charge in [0.1, 0.15) is 0 Å². The molecule has 14 heavy (non-hydrogen) atoms. The van der Waals surface area contributed by atoms with E-state index in [4.69, 9.17) is 5.73 Å². The molecule has 72 valence electrons. The normalized spacial score (nSPS) is 20.7. The highest BCUT2D eigenvalue weighted by molar-refractivity contribution is 5.75. The van der Waals surface area contributed by atoms with Crippen molar-refractivity contribution in [1.29, 1.82) is 0 Å². The zero-order valence-electron chi connectivity index (χ0n) is 8.40. The Kier molecular flexibility index (Phi) is 2.51. The van der Waals surface area contributed by atoms with E-state index in [2.05, 4.69) is 49.4 Å². The lowest BCUT2D eigenvalue weighted by atomic mass is 9.97. The van der Waals surface area contributed by atoms with E-state index in [1.165, 1.54) is 16.7 Å². The Balaban J connectivity index is 2.24. The van der Waals surface area contributed by atoms with E-state index < -0.39 is 0 Å². The van der Waals surface area contributed by atoms with Crippen LogP contribution >= 0.6 is 0 Å². The maximum Gasteiger partial charge on any atom is 0.0262 e. The molecule has 0 saturated heterocycles. The van der Waals surface area contributed by atoms with Crippen LogP contribution in [0.4, 0.5) is 0 Å². The van der Waals surface area contributed by atoms with Crippen molar-refractivity contribution in [1.82, 2.24) is 0 Å². The number of rotatable bonds is 1. The third kappa shape index (κ3) is 1.94. The molecule has 0 aromatic heterocycles. The van der Waals surface area contributed by atoms with Crippen molar-refractivity contribution >= 4 is 5.57 Å². The second kappa shape index (κ2) is 3.81. The van der Waals surface area contributed by atoms with E-state index in [9.17, 15) is 0 Å². The van der Waals surface area contributed by atoms with E-state index >= 15 is 0 Å². The van der Waals surface area contributed by atoms with Crippen molar-refractivity contribution in [3.8, 4) is 0 Å². The minimum atomic E-state index is 0.198. The second-order valence-corrected chi connectivity index (χ2v) is 3.78. The minimum absolute atomic E-state index is 0.198. The van der Waals surface area contributed by atoms with Gasteiger partial charge in [-0.2, -0.15) is 0 Å². The van der Waals surface area contributed by atoms with Gasteiger partial charge in [0.15, 0.2) is 0 Å². The van der Waals surface area contributed by atoms with Gasteiger partial charge in [-0.25, -0.2) is 0 Å². The van der Waals surface area contributed by atoms with Crippen LogP contribution in [0.2, 0.25) is 0 Å². The molecule has 0 spiro atoms. The Bertz CT molecular complexity index is 371. The van der Waals surface area contributed by atoms with Gasteiger partial charge < -0.3 is 5.73 Å². The molecule has 1 unspecified atom stereocenters. The molecular formula is C13H15N. The summed E-state index contributed by atoms with van der Waals surface area (Å²) in [6, 6.07) is 8.78. The Morgan fingerprint density at radius 1 is 1.21 bits per heavy atom. The Morgan fingerprint density at radius 3 is 2.50 bits per heavy atom. The minimum Gasteiger partial charge on any atom is -0.324 e. The Hall–Kier alpha value is -1.34. The molecule has 1 aliphatic rings. The lowest BCUT2D eigenvalue weighted by Gasteiger charge is -2.11. The van der Waals surface area contributed by atoms with Crippen LogP contribution in [-0.4, -0.2) is 6.04 Å². The largest absolute Gasteiger partial charge is 0.324 e. The van der Waals surface area contributed by atoms with Crippen LogP contribution in [0.5, 0.6) is 0 Å². The number of allylic oxidation sites excluding steroid dienone is 2. The third-order valence-electron chi connectivity index (χ3n) is 2.52. The summed E-state index contributed by atoms with van der Waals surface area (Å²) in [5, 5.41) is 0. The molecule has 1 aromatic rings. The molecule has 1 atom stereocenters. The first-order valence-electron chi connectivity index (χ1n) is 4.97. The summed E-state index contributed by atoms with van der Waals surface area (Å²) in [6.45, 7) is 2.10. The average molecular weight is 185 g/mol. The predicted octanol–water partition coefficient (Wildman–Crippen LogP) is 2.67. The average Bonchev–Trinajstić information content (AvgIpc) is 2.21. The van der Waals surface area contributed by atoms with E-state index in [-0.39, 0.29) is 6.04 Å². The van der Waals surface area contributed by atoms with Crippen molar-refractivity contribution in [3.05, 3.63) is 53.6 Å². The molecule has 2 rings (SSSR count). The van der Waals surface area contributed by atoms with Gasteiger partial charge in [-0.05, 0) is 24.5 Å². The highest BCUT2D eigenvalue weighted by atomic mass is 14.6. The number of benzene rings is 1. The fourth-order valence-electron chi connectivity index (χ4n) is 1.60. The van der Waals surface area contributed by atoms with Gasteiger partial charge in [0.05, 0.1) is 0 Å². The maximum absolute atomic E-state index is 5.77. The molecule has 0 fully saturated rings. The zero-order chi connectivity index (χ0) is 9.97. The van der Waals surface area contributed by atoms with E-state index in [0.29, 0.717) is 0 Å². The van der Waals surface area contributed by atoms with Crippen LogP contribution in [0.3, 0.4) is 0 Å². The number of hydrogen-bond acceptors (Lipinski definition) is 1. The van der Waals surface area contributed by atoms with E-state index in [0.717, 1.165) is 6.42 Å². The van der Waals surface area contributed by atoms with Gasteiger partial charge in [-0.3, -0.25) is 0 Å². The molecule has 0 radical (unpaired) electrons. The second-order valence-electron chi connectivity index (χ2n) is 3.78. The zero-order valence-corrected chi connectivity index (χ0v) is 8.40. The van der Waals surface area contributed by atoms with Gasteiger partial charge in [-0.15, -0.1) is 0 Å². The topological polar surface area (TPSA) is 26.0 Å². The van der Waals surface area contributed by atoms with Crippen molar-refractivity contribution in [2.75, 3.05) is 0 Å². The maximum atomic E-state index is 5.77. The molecule has 2 N–H and O–H groups in total. The quantitative estimate of drug-likeness (QED) is 0.715.